The van der Waals surface area contributed by atoms with Gasteiger partial charge in [0.25, 0.3) is 0 Å². The summed E-state index contributed by atoms with van der Waals surface area (Å²) in [5, 5.41) is 3.36. The molecular formula is C21H36N4O2S. The van der Waals surface area contributed by atoms with Gasteiger partial charge in [-0.1, -0.05) is 44.2 Å². The summed E-state index contributed by atoms with van der Waals surface area (Å²) in [6.07, 6.45) is 0. The molecule has 1 fully saturated rings. The van der Waals surface area contributed by atoms with E-state index in [4.69, 9.17) is 4.99 Å². The minimum absolute atomic E-state index is 0.169. The number of likely N-dealkylation sites (N-methyl/N-ethyl adjacent to an activating group) is 1. The minimum Gasteiger partial charge on any atom is -0.357 e. The van der Waals surface area contributed by atoms with E-state index in [0.717, 1.165) is 25.6 Å². The van der Waals surface area contributed by atoms with Crippen molar-refractivity contribution in [3.63, 3.8) is 0 Å². The fraction of sp³-hybridized carbons (Fsp3) is 0.667. The third-order valence-corrected chi connectivity index (χ3v) is 8.06. The van der Waals surface area contributed by atoms with Crippen molar-refractivity contribution in [1.29, 1.82) is 0 Å². The van der Waals surface area contributed by atoms with Crippen LogP contribution in [-0.2, 0) is 9.84 Å². The number of nitrogens with one attached hydrogen (secondary N) is 1. The summed E-state index contributed by atoms with van der Waals surface area (Å²) in [5.74, 6) is 0.973. The second-order valence-corrected chi connectivity index (χ2v) is 10.6. The van der Waals surface area contributed by atoms with Gasteiger partial charge in [0.2, 0.25) is 0 Å². The highest BCUT2D eigenvalue weighted by Crippen LogP contribution is 2.25. The van der Waals surface area contributed by atoms with E-state index in [1.165, 1.54) is 5.56 Å². The topological polar surface area (TPSA) is 65.0 Å². The van der Waals surface area contributed by atoms with Crippen LogP contribution in [0.4, 0.5) is 0 Å². The normalized spacial score (nSPS) is 20.2. The molecule has 0 spiro atoms. The van der Waals surface area contributed by atoms with Gasteiger partial charge in [0.05, 0.1) is 23.1 Å². The van der Waals surface area contributed by atoms with Crippen LogP contribution in [0.1, 0.15) is 46.2 Å². The van der Waals surface area contributed by atoms with Crippen LogP contribution in [0.5, 0.6) is 0 Å². The average Bonchev–Trinajstić information content (AvgIpc) is 2.67. The van der Waals surface area contributed by atoms with E-state index < -0.39 is 14.6 Å². The molecule has 0 radical (unpaired) electrons. The van der Waals surface area contributed by atoms with Crippen molar-refractivity contribution in [3.8, 4) is 0 Å². The smallest absolute Gasteiger partial charge is 0.194 e. The first kappa shape index (κ1) is 22.7. The lowest BCUT2D eigenvalue weighted by molar-refractivity contribution is 0.223. The van der Waals surface area contributed by atoms with Gasteiger partial charge in [0.15, 0.2) is 15.8 Å². The van der Waals surface area contributed by atoms with Crippen molar-refractivity contribution in [1.82, 2.24) is 15.1 Å². The molecule has 0 amide bonds. The first-order valence-electron chi connectivity index (χ1n) is 10.3. The molecule has 28 heavy (non-hydrogen) atoms. The van der Waals surface area contributed by atoms with Crippen molar-refractivity contribution in [2.75, 3.05) is 45.0 Å². The van der Waals surface area contributed by atoms with Gasteiger partial charge in [-0.2, -0.15) is 0 Å². The fourth-order valence-corrected chi connectivity index (χ4v) is 5.06. The van der Waals surface area contributed by atoms with E-state index in [1.54, 1.807) is 13.8 Å². The first-order valence-corrected chi connectivity index (χ1v) is 12.0. The monoisotopic (exact) mass is 408 g/mol. The number of rotatable bonds is 7. The molecular weight excluding hydrogens is 372 g/mol. The van der Waals surface area contributed by atoms with Gasteiger partial charge >= 0.3 is 0 Å². The highest BCUT2D eigenvalue weighted by atomic mass is 32.2. The third-order valence-electron chi connectivity index (χ3n) is 5.53. The van der Waals surface area contributed by atoms with Crippen LogP contribution < -0.4 is 5.32 Å². The molecule has 0 saturated carbocycles. The van der Waals surface area contributed by atoms with Gasteiger partial charge in [0.1, 0.15) is 0 Å². The van der Waals surface area contributed by atoms with E-state index in [1.807, 2.05) is 13.0 Å². The number of hydrogen-bond acceptors (Lipinski definition) is 4. The molecule has 6 nitrogen and oxygen atoms in total. The molecule has 1 N–H and O–H groups in total. The molecule has 1 atom stereocenters. The van der Waals surface area contributed by atoms with Gasteiger partial charge in [0, 0.05) is 19.6 Å². The molecule has 1 aromatic rings. The number of hydrogen-bond donors (Lipinski definition) is 1. The Balaban J connectivity index is 2.26. The summed E-state index contributed by atoms with van der Waals surface area (Å²) in [6.45, 7) is 14.2. The fourth-order valence-electron chi connectivity index (χ4n) is 3.69. The van der Waals surface area contributed by atoms with Gasteiger partial charge in [-0.3, -0.25) is 9.89 Å². The van der Waals surface area contributed by atoms with Gasteiger partial charge in [-0.15, -0.1) is 0 Å². The Morgan fingerprint density at radius 3 is 2.39 bits per heavy atom. The summed E-state index contributed by atoms with van der Waals surface area (Å²) in [7, 11) is -3.07. The molecule has 0 aliphatic carbocycles. The van der Waals surface area contributed by atoms with Crippen LogP contribution in [0.25, 0.3) is 0 Å². The minimum atomic E-state index is -3.07. The Kier molecular flexibility index (Phi) is 7.89. The molecule has 1 aromatic carbocycles. The zero-order valence-electron chi connectivity index (χ0n) is 18.0. The maximum atomic E-state index is 12.4. The lowest BCUT2D eigenvalue weighted by Gasteiger charge is -2.39. The molecule has 0 aromatic heterocycles. The predicted octanol–water partition coefficient (Wildman–Crippen LogP) is 2.54. The Morgan fingerprint density at radius 1 is 1.21 bits per heavy atom. The summed E-state index contributed by atoms with van der Waals surface area (Å²) in [4.78, 5) is 9.44. The Bertz CT molecular complexity index is 743. The maximum absolute atomic E-state index is 12.4. The zero-order valence-corrected chi connectivity index (χ0v) is 18.8. The van der Waals surface area contributed by atoms with Crippen molar-refractivity contribution >= 4 is 15.8 Å². The van der Waals surface area contributed by atoms with Crippen LogP contribution >= 0.6 is 0 Å². The molecule has 1 aliphatic heterocycles. The van der Waals surface area contributed by atoms with Crippen molar-refractivity contribution in [2.45, 2.75) is 45.4 Å². The standard InChI is InChI=1S/C21H36N4O2S/c1-6-22-20(25-14-15-28(26,27)21(4,5)17-25)23-16-19(24(7-2)8-3)18-12-10-9-11-13-18/h9-13,19H,6-8,14-17H2,1-5H3,(H,22,23). The number of nitrogens with zero attached hydrogens (tertiary/aromatic N) is 3. The van der Waals surface area contributed by atoms with E-state index in [9.17, 15) is 8.42 Å². The molecule has 2 rings (SSSR count). The second kappa shape index (κ2) is 9.74. The van der Waals surface area contributed by atoms with Crippen molar-refractivity contribution in [2.24, 2.45) is 4.99 Å². The zero-order chi connectivity index (χ0) is 20.8. The van der Waals surface area contributed by atoms with E-state index >= 15 is 0 Å². The van der Waals surface area contributed by atoms with Gasteiger partial charge in [-0.25, -0.2) is 8.42 Å². The molecule has 1 saturated heterocycles. The largest absolute Gasteiger partial charge is 0.357 e. The van der Waals surface area contributed by atoms with Crippen LogP contribution in [0.2, 0.25) is 0 Å². The number of guanidine groups is 1. The summed E-state index contributed by atoms with van der Waals surface area (Å²) < 4.78 is 23.9. The molecule has 0 bridgehead atoms. The lowest BCUT2D eigenvalue weighted by atomic mass is 10.1. The Hall–Kier alpha value is -1.60. The van der Waals surface area contributed by atoms with Crippen LogP contribution in [0.15, 0.2) is 35.3 Å². The van der Waals surface area contributed by atoms with E-state index in [-0.39, 0.29) is 11.8 Å². The van der Waals surface area contributed by atoms with Gasteiger partial charge in [-0.05, 0) is 39.4 Å². The number of sulfone groups is 1. The second-order valence-electron chi connectivity index (χ2n) is 7.84. The number of benzene rings is 1. The number of aliphatic imine (C=N–C) groups is 1. The third kappa shape index (κ3) is 5.26. The highest BCUT2D eigenvalue weighted by molar-refractivity contribution is 7.92. The SMILES string of the molecule is CCNC(=NCC(c1ccccc1)N(CC)CC)N1CCS(=O)(=O)C(C)(C)C1. The summed E-state index contributed by atoms with van der Waals surface area (Å²) >= 11 is 0. The molecule has 1 aliphatic rings. The Morgan fingerprint density at radius 2 is 1.86 bits per heavy atom. The van der Waals surface area contributed by atoms with Crippen molar-refractivity contribution in [3.05, 3.63) is 35.9 Å². The predicted molar refractivity (Wildman–Crippen MR) is 118 cm³/mol. The molecule has 1 heterocycles. The summed E-state index contributed by atoms with van der Waals surface area (Å²) in [6, 6.07) is 10.7. The van der Waals surface area contributed by atoms with Crippen molar-refractivity contribution < 1.29 is 8.42 Å². The quantitative estimate of drug-likeness (QED) is 0.555. The van der Waals surface area contributed by atoms with Crippen LogP contribution in [0, 0.1) is 0 Å². The van der Waals surface area contributed by atoms with E-state index in [2.05, 4.69) is 53.2 Å². The highest BCUT2D eigenvalue weighted by Gasteiger charge is 2.41. The van der Waals surface area contributed by atoms with Gasteiger partial charge < -0.3 is 10.2 Å². The molecule has 7 heteroatoms. The maximum Gasteiger partial charge on any atom is 0.194 e. The molecule has 158 valence electrons. The van der Waals surface area contributed by atoms with E-state index in [0.29, 0.717) is 19.6 Å². The van der Waals surface area contributed by atoms with Crippen LogP contribution in [0.3, 0.4) is 0 Å². The average molecular weight is 409 g/mol. The first-order chi connectivity index (χ1) is 13.3. The van der Waals surface area contributed by atoms with Crippen LogP contribution in [-0.4, -0.2) is 73.9 Å². The Labute approximate surface area is 170 Å². The summed E-state index contributed by atoms with van der Waals surface area (Å²) in [5.41, 5.74) is 1.26. The molecule has 1 unspecified atom stereocenters. The lowest BCUT2D eigenvalue weighted by Crippen LogP contribution is -2.57.